The van der Waals surface area contributed by atoms with Crippen LogP contribution in [0.4, 0.5) is 0 Å². The quantitative estimate of drug-likeness (QED) is 0.516. The number of nitrogens with one attached hydrogen (secondary N) is 2. The summed E-state index contributed by atoms with van der Waals surface area (Å²) in [6, 6.07) is 2.31. The van der Waals surface area contributed by atoms with Crippen molar-refractivity contribution in [3.63, 3.8) is 0 Å². The summed E-state index contributed by atoms with van der Waals surface area (Å²) in [6.07, 6.45) is 2.75. The number of amides is 1. The van der Waals surface area contributed by atoms with Crippen molar-refractivity contribution < 1.29 is 4.79 Å². The van der Waals surface area contributed by atoms with Gasteiger partial charge in [0.05, 0.1) is 12.1 Å². The normalized spacial score (nSPS) is 24.4. The molecule has 0 aromatic heterocycles. The lowest BCUT2D eigenvalue weighted by molar-refractivity contribution is -0.109. The Hall–Kier alpha value is -1.08. The molecule has 2 atom stereocenters. The Balaban J connectivity index is 0.000000255. The van der Waals surface area contributed by atoms with Crippen molar-refractivity contribution in [3.8, 4) is 6.07 Å². The molecule has 14 heavy (non-hydrogen) atoms. The highest BCUT2D eigenvalue weighted by Crippen LogP contribution is 2.10. The van der Waals surface area contributed by atoms with Gasteiger partial charge in [-0.05, 0) is 25.3 Å². The maximum atomic E-state index is 9.45. The van der Waals surface area contributed by atoms with Crippen molar-refractivity contribution in [2.75, 3.05) is 13.1 Å². The second-order valence-electron chi connectivity index (χ2n) is 3.50. The van der Waals surface area contributed by atoms with Gasteiger partial charge in [-0.25, -0.2) is 0 Å². The SMILES string of the molecule is CC1CNC(C#N)C1.CCCNC=O. The number of nitrogens with zero attached hydrogens (tertiary/aromatic N) is 1. The van der Waals surface area contributed by atoms with Crippen molar-refractivity contribution in [1.82, 2.24) is 10.6 Å². The first-order chi connectivity index (χ1) is 6.74. The third kappa shape index (κ3) is 6.44. The van der Waals surface area contributed by atoms with E-state index < -0.39 is 0 Å². The minimum Gasteiger partial charge on any atom is -0.359 e. The summed E-state index contributed by atoms with van der Waals surface area (Å²) in [5.74, 6) is 0.694. The zero-order valence-electron chi connectivity index (χ0n) is 8.92. The van der Waals surface area contributed by atoms with Gasteiger partial charge in [-0.3, -0.25) is 4.79 Å². The van der Waals surface area contributed by atoms with E-state index in [1.165, 1.54) is 0 Å². The van der Waals surface area contributed by atoms with E-state index in [0.717, 1.165) is 25.9 Å². The van der Waals surface area contributed by atoms with Gasteiger partial charge >= 0.3 is 0 Å². The highest BCUT2D eigenvalue weighted by atomic mass is 16.1. The molecule has 0 saturated carbocycles. The molecule has 0 aromatic rings. The van der Waals surface area contributed by atoms with Gasteiger partial charge in [-0.15, -0.1) is 0 Å². The predicted octanol–water partition coefficient (Wildman–Crippen LogP) is 0.650. The van der Waals surface area contributed by atoms with Gasteiger partial charge in [0, 0.05) is 6.54 Å². The van der Waals surface area contributed by atoms with E-state index >= 15 is 0 Å². The van der Waals surface area contributed by atoms with Crippen molar-refractivity contribution >= 4 is 6.41 Å². The molecule has 2 unspecified atom stereocenters. The lowest BCUT2D eigenvalue weighted by atomic mass is 10.1. The van der Waals surface area contributed by atoms with Gasteiger partial charge in [0.2, 0.25) is 6.41 Å². The van der Waals surface area contributed by atoms with Crippen molar-refractivity contribution in [3.05, 3.63) is 0 Å². The molecular formula is C10H19N3O. The fourth-order valence-corrected chi connectivity index (χ4v) is 1.21. The summed E-state index contributed by atoms with van der Waals surface area (Å²) >= 11 is 0. The molecule has 1 rings (SSSR count). The Labute approximate surface area is 85.7 Å². The van der Waals surface area contributed by atoms with Crippen LogP contribution < -0.4 is 10.6 Å². The highest BCUT2D eigenvalue weighted by molar-refractivity contribution is 5.45. The number of hydrogen-bond donors (Lipinski definition) is 2. The van der Waals surface area contributed by atoms with Gasteiger partial charge in [0.25, 0.3) is 0 Å². The standard InChI is InChI=1S/C6H10N2.C4H9NO/c1-5-2-6(3-7)8-4-5;1-2-3-5-4-6/h5-6,8H,2,4H2,1H3;4H,2-3H2,1H3,(H,5,6). The van der Waals surface area contributed by atoms with E-state index in [9.17, 15) is 4.79 Å². The lowest BCUT2D eigenvalue weighted by Crippen LogP contribution is -2.18. The molecule has 0 spiro atoms. The van der Waals surface area contributed by atoms with Gasteiger partial charge < -0.3 is 10.6 Å². The number of carbonyl (C=O) groups is 1. The fourth-order valence-electron chi connectivity index (χ4n) is 1.21. The fraction of sp³-hybridized carbons (Fsp3) is 0.800. The van der Waals surface area contributed by atoms with E-state index in [4.69, 9.17) is 5.26 Å². The molecule has 0 radical (unpaired) electrons. The predicted molar refractivity (Wildman–Crippen MR) is 55.5 cm³/mol. The molecule has 0 bridgehead atoms. The van der Waals surface area contributed by atoms with Crippen LogP contribution in [-0.2, 0) is 4.79 Å². The second-order valence-corrected chi connectivity index (χ2v) is 3.50. The maximum absolute atomic E-state index is 9.45. The summed E-state index contributed by atoms with van der Waals surface area (Å²) in [6.45, 7) is 5.97. The van der Waals surface area contributed by atoms with Crippen molar-refractivity contribution in [2.24, 2.45) is 5.92 Å². The average molecular weight is 197 g/mol. The first-order valence-electron chi connectivity index (χ1n) is 5.04. The topological polar surface area (TPSA) is 64.9 Å². The highest BCUT2D eigenvalue weighted by Gasteiger charge is 2.18. The molecular weight excluding hydrogens is 178 g/mol. The molecule has 1 amide bonds. The molecule has 4 nitrogen and oxygen atoms in total. The molecule has 1 fully saturated rings. The van der Waals surface area contributed by atoms with Crippen molar-refractivity contribution in [1.29, 1.82) is 5.26 Å². The minimum atomic E-state index is 0.130. The van der Waals surface area contributed by atoms with Gasteiger partial charge in [0.15, 0.2) is 0 Å². The molecule has 1 aliphatic rings. The van der Waals surface area contributed by atoms with E-state index in [-0.39, 0.29) is 6.04 Å². The van der Waals surface area contributed by atoms with Gasteiger partial charge in [-0.2, -0.15) is 5.26 Å². The Kier molecular flexibility index (Phi) is 7.86. The molecule has 1 saturated heterocycles. The summed E-state index contributed by atoms with van der Waals surface area (Å²) in [4.78, 5) is 9.45. The minimum absolute atomic E-state index is 0.130. The van der Waals surface area contributed by atoms with Crippen LogP contribution in [0.5, 0.6) is 0 Å². The Morgan fingerprint density at radius 3 is 2.64 bits per heavy atom. The van der Waals surface area contributed by atoms with Crippen LogP contribution in [-0.4, -0.2) is 25.5 Å². The first-order valence-corrected chi connectivity index (χ1v) is 5.04. The van der Waals surface area contributed by atoms with Crippen LogP contribution in [0.15, 0.2) is 0 Å². The van der Waals surface area contributed by atoms with E-state index in [1.54, 1.807) is 0 Å². The Bertz CT molecular complexity index is 188. The van der Waals surface area contributed by atoms with Crippen LogP contribution in [0.25, 0.3) is 0 Å². The van der Waals surface area contributed by atoms with Crippen LogP contribution in [0.2, 0.25) is 0 Å². The van der Waals surface area contributed by atoms with Crippen molar-refractivity contribution in [2.45, 2.75) is 32.7 Å². The van der Waals surface area contributed by atoms with Crippen LogP contribution in [0, 0.1) is 17.2 Å². The first kappa shape index (κ1) is 12.9. The Morgan fingerprint density at radius 2 is 2.43 bits per heavy atom. The Morgan fingerprint density at radius 1 is 1.71 bits per heavy atom. The molecule has 1 heterocycles. The number of hydrogen-bond acceptors (Lipinski definition) is 3. The number of carbonyl (C=O) groups excluding carboxylic acids is 1. The smallest absolute Gasteiger partial charge is 0.207 e. The summed E-state index contributed by atoms with van der Waals surface area (Å²) in [7, 11) is 0. The average Bonchev–Trinajstić information content (AvgIpc) is 2.62. The molecule has 2 N–H and O–H groups in total. The largest absolute Gasteiger partial charge is 0.359 e. The maximum Gasteiger partial charge on any atom is 0.207 e. The van der Waals surface area contributed by atoms with Crippen LogP contribution in [0.3, 0.4) is 0 Å². The summed E-state index contributed by atoms with van der Waals surface area (Å²) in [5, 5.41) is 14.0. The molecule has 1 aliphatic heterocycles. The monoisotopic (exact) mass is 197 g/mol. The molecule has 0 aliphatic carbocycles. The molecule has 80 valence electrons. The van der Waals surface area contributed by atoms with E-state index in [0.29, 0.717) is 12.3 Å². The molecule has 0 aromatic carbocycles. The lowest BCUT2D eigenvalue weighted by Gasteiger charge is -1.93. The zero-order chi connectivity index (χ0) is 10.8. The third-order valence-electron chi connectivity index (χ3n) is 1.98. The summed E-state index contributed by atoms with van der Waals surface area (Å²) in [5.41, 5.74) is 0. The van der Waals surface area contributed by atoms with E-state index in [1.807, 2.05) is 6.92 Å². The van der Waals surface area contributed by atoms with Crippen LogP contribution in [0.1, 0.15) is 26.7 Å². The van der Waals surface area contributed by atoms with Crippen LogP contribution >= 0.6 is 0 Å². The second kappa shape index (κ2) is 8.52. The summed E-state index contributed by atoms with van der Waals surface area (Å²) < 4.78 is 0. The van der Waals surface area contributed by atoms with E-state index in [2.05, 4.69) is 23.6 Å². The van der Waals surface area contributed by atoms with Gasteiger partial charge in [0.1, 0.15) is 0 Å². The van der Waals surface area contributed by atoms with Gasteiger partial charge in [-0.1, -0.05) is 13.8 Å². The molecule has 4 heteroatoms. The number of rotatable bonds is 3. The zero-order valence-corrected chi connectivity index (χ0v) is 8.92. The third-order valence-corrected chi connectivity index (χ3v) is 1.98. The number of nitriles is 1.